The molecule has 0 atom stereocenters. The molecule has 72 valence electrons. The van der Waals surface area contributed by atoms with Crippen molar-refractivity contribution in [3.05, 3.63) is 0 Å². The zero-order chi connectivity index (χ0) is 9.52. The van der Waals surface area contributed by atoms with Crippen LogP contribution in [-0.4, -0.2) is 11.1 Å². The second kappa shape index (κ2) is 5.64. The first-order valence-electron chi connectivity index (χ1n) is 5.01. The molecule has 0 saturated heterocycles. The van der Waals surface area contributed by atoms with Gasteiger partial charge in [0.25, 0.3) is 0 Å². The lowest BCUT2D eigenvalue weighted by atomic mass is 9.97. The Balaban J connectivity index is 2.27. The summed E-state index contributed by atoms with van der Waals surface area (Å²) in [5.74, 6) is 4.55. The van der Waals surface area contributed by atoms with Crippen LogP contribution in [0.25, 0.3) is 0 Å². The minimum Gasteiger partial charge on any atom is -0.472 e. The molecule has 0 aromatic carbocycles. The summed E-state index contributed by atoms with van der Waals surface area (Å²) in [6.07, 6.45) is 8.49. The van der Waals surface area contributed by atoms with E-state index in [2.05, 4.69) is 11.8 Å². The van der Waals surface area contributed by atoms with Gasteiger partial charge in [-0.05, 0) is 18.8 Å². The van der Waals surface area contributed by atoms with E-state index in [4.69, 9.17) is 5.11 Å². The van der Waals surface area contributed by atoms with E-state index in [0.29, 0.717) is 5.92 Å². The zero-order valence-corrected chi connectivity index (χ0v) is 7.88. The van der Waals surface area contributed by atoms with E-state index in [9.17, 15) is 4.79 Å². The van der Waals surface area contributed by atoms with Gasteiger partial charge in [0, 0.05) is 12.3 Å². The normalized spacial score (nSPS) is 18.5. The molecule has 0 heterocycles. The Labute approximate surface area is 79.3 Å². The lowest BCUT2D eigenvalue weighted by Crippen LogP contribution is -1.97. The van der Waals surface area contributed by atoms with Crippen molar-refractivity contribution in [1.82, 2.24) is 0 Å². The summed E-state index contributed by atoms with van der Waals surface area (Å²) in [7, 11) is 0. The van der Waals surface area contributed by atoms with Gasteiger partial charge in [0.05, 0.1) is 0 Å². The first kappa shape index (κ1) is 10.1. The summed E-state index contributed by atoms with van der Waals surface area (Å²) < 4.78 is 0. The monoisotopic (exact) mass is 180 g/mol. The Hall–Kier alpha value is -0.970. The third-order valence-electron chi connectivity index (χ3n) is 2.56. The van der Waals surface area contributed by atoms with E-state index in [1.807, 2.05) is 0 Å². The summed E-state index contributed by atoms with van der Waals surface area (Å²) in [5.41, 5.74) is 0. The van der Waals surface area contributed by atoms with Crippen LogP contribution in [0.5, 0.6) is 0 Å². The number of hydrogen-bond acceptors (Lipinski definition) is 1. The van der Waals surface area contributed by atoms with E-state index < -0.39 is 5.97 Å². The molecule has 1 saturated carbocycles. The largest absolute Gasteiger partial charge is 0.472 e. The lowest BCUT2D eigenvalue weighted by Gasteiger charge is -2.08. The van der Waals surface area contributed by atoms with Crippen molar-refractivity contribution in [2.24, 2.45) is 5.92 Å². The highest BCUT2D eigenvalue weighted by molar-refractivity contribution is 5.86. The van der Waals surface area contributed by atoms with Crippen LogP contribution >= 0.6 is 0 Å². The fourth-order valence-electron chi connectivity index (χ4n) is 1.84. The molecule has 0 aromatic rings. The van der Waals surface area contributed by atoms with Gasteiger partial charge < -0.3 is 5.11 Å². The molecule has 0 aliphatic heterocycles. The zero-order valence-electron chi connectivity index (χ0n) is 7.88. The third kappa shape index (κ3) is 4.57. The van der Waals surface area contributed by atoms with Gasteiger partial charge in [-0.3, -0.25) is 0 Å². The smallest absolute Gasteiger partial charge is 0.381 e. The number of carbonyl (C=O) groups is 1. The highest BCUT2D eigenvalue weighted by Gasteiger charge is 2.10. The van der Waals surface area contributed by atoms with Crippen LogP contribution in [0.2, 0.25) is 0 Å². The molecule has 0 spiro atoms. The van der Waals surface area contributed by atoms with Crippen molar-refractivity contribution in [3.63, 3.8) is 0 Å². The van der Waals surface area contributed by atoms with Crippen molar-refractivity contribution < 1.29 is 9.90 Å². The van der Waals surface area contributed by atoms with E-state index >= 15 is 0 Å². The van der Waals surface area contributed by atoms with Gasteiger partial charge >= 0.3 is 5.97 Å². The summed E-state index contributed by atoms with van der Waals surface area (Å²) in [6, 6.07) is 0. The summed E-state index contributed by atoms with van der Waals surface area (Å²) in [4.78, 5) is 10.1. The molecular formula is C11H16O2. The Bertz CT molecular complexity index is 214. The Kier molecular flexibility index (Phi) is 4.39. The number of carboxylic acids is 1. The van der Waals surface area contributed by atoms with Gasteiger partial charge in [-0.1, -0.05) is 31.6 Å². The van der Waals surface area contributed by atoms with Crippen molar-refractivity contribution in [2.75, 3.05) is 0 Å². The molecule has 1 fully saturated rings. The summed E-state index contributed by atoms with van der Waals surface area (Å²) in [6.45, 7) is 0. The van der Waals surface area contributed by atoms with Crippen molar-refractivity contribution in [1.29, 1.82) is 0 Å². The maximum atomic E-state index is 10.1. The molecule has 2 nitrogen and oxygen atoms in total. The molecule has 1 aliphatic carbocycles. The molecular weight excluding hydrogens is 164 g/mol. The average Bonchev–Trinajstić information content (AvgIpc) is 2.32. The second-order valence-corrected chi connectivity index (χ2v) is 3.67. The van der Waals surface area contributed by atoms with Gasteiger partial charge in [0.1, 0.15) is 0 Å². The van der Waals surface area contributed by atoms with E-state index in [-0.39, 0.29) is 0 Å². The predicted octanol–water partition coefficient (Wildman–Crippen LogP) is 2.43. The van der Waals surface area contributed by atoms with Crippen molar-refractivity contribution >= 4 is 5.97 Å². The summed E-state index contributed by atoms with van der Waals surface area (Å²) in [5, 5.41) is 8.32. The first-order chi connectivity index (χ1) is 6.29. The molecule has 0 bridgehead atoms. The molecule has 0 radical (unpaired) electrons. The Morgan fingerprint density at radius 2 is 1.85 bits per heavy atom. The van der Waals surface area contributed by atoms with Crippen LogP contribution in [0.4, 0.5) is 0 Å². The molecule has 2 heteroatoms. The lowest BCUT2D eigenvalue weighted by molar-refractivity contribution is -0.130. The molecule has 1 aliphatic rings. The minimum atomic E-state index is -1.01. The standard InChI is InChI=1S/C11H16O2/c12-11(13)9-5-8-10-6-3-1-2-4-7-10/h10H,1-4,6-8H2,(H,12,13). The molecule has 0 aromatic heterocycles. The minimum absolute atomic E-state index is 0.648. The van der Waals surface area contributed by atoms with Gasteiger partial charge in [0.15, 0.2) is 0 Å². The summed E-state index contributed by atoms with van der Waals surface area (Å²) >= 11 is 0. The Morgan fingerprint density at radius 3 is 2.38 bits per heavy atom. The van der Waals surface area contributed by atoms with Crippen molar-refractivity contribution in [2.45, 2.75) is 44.9 Å². The third-order valence-corrected chi connectivity index (χ3v) is 2.56. The molecule has 1 N–H and O–H groups in total. The topological polar surface area (TPSA) is 37.3 Å². The highest BCUT2D eigenvalue weighted by Crippen LogP contribution is 2.24. The van der Waals surface area contributed by atoms with Crippen LogP contribution in [0.15, 0.2) is 0 Å². The number of aliphatic carboxylic acids is 1. The average molecular weight is 180 g/mol. The highest BCUT2D eigenvalue weighted by atomic mass is 16.4. The molecule has 0 unspecified atom stereocenters. The van der Waals surface area contributed by atoms with Crippen LogP contribution < -0.4 is 0 Å². The van der Waals surface area contributed by atoms with Crippen LogP contribution in [0.3, 0.4) is 0 Å². The number of hydrogen-bond donors (Lipinski definition) is 1. The van der Waals surface area contributed by atoms with Gasteiger partial charge in [-0.25, -0.2) is 4.79 Å². The Morgan fingerprint density at radius 1 is 1.23 bits per heavy atom. The quantitative estimate of drug-likeness (QED) is 0.497. The molecule has 13 heavy (non-hydrogen) atoms. The number of carboxylic acid groups (broad SMARTS) is 1. The maximum absolute atomic E-state index is 10.1. The second-order valence-electron chi connectivity index (χ2n) is 3.67. The fourth-order valence-corrected chi connectivity index (χ4v) is 1.84. The first-order valence-corrected chi connectivity index (χ1v) is 5.01. The van der Waals surface area contributed by atoms with E-state index in [1.165, 1.54) is 38.5 Å². The SMILES string of the molecule is O=C(O)C#CCC1CCCCCC1. The molecule has 1 rings (SSSR count). The number of rotatable bonds is 1. The van der Waals surface area contributed by atoms with Gasteiger partial charge in [0.2, 0.25) is 0 Å². The van der Waals surface area contributed by atoms with Crippen LogP contribution in [0, 0.1) is 17.8 Å². The van der Waals surface area contributed by atoms with Crippen LogP contribution in [-0.2, 0) is 4.79 Å². The van der Waals surface area contributed by atoms with E-state index in [0.717, 1.165) is 6.42 Å². The molecule has 0 amide bonds. The van der Waals surface area contributed by atoms with E-state index in [1.54, 1.807) is 0 Å². The van der Waals surface area contributed by atoms with Crippen LogP contribution in [0.1, 0.15) is 44.9 Å². The van der Waals surface area contributed by atoms with Gasteiger partial charge in [-0.2, -0.15) is 0 Å². The fraction of sp³-hybridized carbons (Fsp3) is 0.727. The predicted molar refractivity (Wildman–Crippen MR) is 51.2 cm³/mol. The van der Waals surface area contributed by atoms with Crippen molar-refractivity contribution in [3.8, 4) is 11.8 Å². The maximum Gasteiger partial charge on any atom is 0.381 e. The van der Waals surface area contributed by atoms with Gasteiger partial charge in [-0.15, -0.1) is 0 Å².